The van der Waals surface area contributed by atoms with Gasteiger partial charge < -0.3 is 9.88 Å². The van der Waals surface area contributed by atoms with Crippen molar-refractivity contribution in [2.45, 2.75) is 44.7 Å². The predicted octanol–water partition coefficient (Wildman–Crippen LogP) is 5.09. The molecule has 0 atom stereocenters. The number of pyridine rings is 1. The van der Waals surface area contributed by atoms with Crippen LogP contribution < -0.4 is 10.2 Å². The van der Waals surface area contributed by atoms with Gasteiger partial charge in [0, 0.05) is 41.9 Å². The molecule has 0 spiro atoms. The van der Waals surface area contributed by atoms with E-state index in [1.807, 2.05) is 29.8 Å². The number of hydrogen-bond acceptors (Lipinski definition) is 6. The van der Waals surface area contributed by atoms with Crippen LogP contribution in [-0.2, 0) is 20.1 Å². The van der Waals surface area contributed by atoms with Crippen molar-refractivity contribution >= 4 is 11.7 Å². The van der Waals surface area contributed by atoms with Gasteiger partial charge in [0.25, 0.3) is 5.91 Å². The summed E-state index contributed by atoms with van der Waals surface area (Å²) in [6, 6.07) is 15.0. The van der Waals surface area contributed by atoms with Crippen molar-refractivity contribution < 1.29 is 9.18 Å². The number of halogens is 1. The van der Waals surface area contributed by atoms with Gasteiger partial charge in [0.15, 0.2) is 5.82 Å². The molecule has 0 saturated heterocycles. The summed E-state index contributed by atoms with van der Waals surface area (Å²) in [6.45, 7) is 1.60. The third kappa shape index (κ3) is 4.54. The molecular weight excluding hydrogens is 505 g/mol. The average Bonchev–Trinajstić information content (AvgIpc) is 3.89. The minimum atomic E-state index is -0.355. The van der Waals surface area contributed by atoms with Crippen molar-refractivity contribution in [1.82, 2.24) is 25.1 Å². The van der Waals surface area contributed by atoms with Gasteiger partial charge in [-0.25, -0.2) is 9.37 Å². The number of aromatic nitrogens is 4. The highest BCUT2D eigenvalue weighted by molar-refractivity contribution is 6.10. The number of hydrogen-bond donors (Lipinski definition) is 1. The van der Waals surface area contributed by atoms with Crippen molar-refractivity contribution in [2.75, 3.05) is 11.4 Å². The van der Waals surface area contributed by atoms with E-state index in [1.54, 1.807) is 29.4 Å². The quantitative estimate of drug-likeness (QED) is 0.339. The lowest BCUT2D eigenvalue weighted by atomic mass is 9.96. The Hall–Kier alpha value is -4.42. The Morgan fingerprint density at radius 2 is 1.93 bits per heavy atom. The Kier molecular flexibility index (Phi) is 5.93. The summed E-state index contributed by atoms with van der Waals surface area (Å²) < 4.78 is 17.0. The molecule has 0 unspecified atom stereocenters. The lowest BCUT2D eigenvalue weighted by molar-refractivity contribution is 0.0995. The lowest BCUT2D eigenvalue weighted by Gasteiger charge is -2.18. The Labute approximate surface area is 231 Å². The summed E-state index contributed by atoms with van der Waals surface area (Å²) in [6.07, 6.45) is 6.20. The van der Waals surface area contributed by atoms with Crippen molar-refractivity contribution in [3.05, 3.63) is 82.6 Å². The van der Waals surface area contributed by atoms with E-state index in [2.05, 4.69) is 27.6 Å². The number of aryl methyl sites for hydroxylation is 1. The van der Waals surface area contributed by atoms with Gasteiger partial charge in [-0.15, -0.1) is 10.2 Å². The molecule has 2 aromatic carbocycles. The summed E-state index contributed by atoms with van der Waals surface area (Å²) in [5.74, 6) is 1.59. The van der Waals surface area contributed by atoms with Gasteiger partial charge in [0.1, 0.15) is 18.0 Å². The molecule has 4 aromatic rings. The van der Waals surface area contributed by atoms with E-state index in [0.717, 1.165) is 53.3 Å². The van der Waals surface area contributed by atoms with Crippen LogP contribution in [0.4, 0.5) is 10.2 Å². The minimum absolute atomic E-state index is 0.139. The third-order valence-corrected chi connectivity index (χ3v) is 8.02. The summed E-state index contributed by atoms with van der Waals surface area (Å²) in [4.78, 5) is 20.1. The monoisotopic (exact) mass is 533 g/mol. The molecule has 3 aliphatic rings. The number of nitrogens with one attached hydrogen (secondary N) is 1. The molecule has 2 saturated carbocycles. The average molecular weight is 534 g/mol. The first kappa shape index (κ1) is 24.6. The van der Waals surface area contributed by atoms with Gasteiger partial charge >= 0.3 is 0 Å². The fraction of sp³-hybridized carbons (Fsp3) is 0.323. The van der Waals surface area contributed by atoms with E-state index in [1.165, 1.54) is 12.8 Å². The molecule has 9 heteroatoms. The molecule has 7 rings (SSSR count). The van der Waals surface area contributed by atoms with Crippen molar-refractivity contribution in [1.29, 1.82) is 5.26 Å². The van der Waals surface area contributed by atoms with Crippen LogP contribution in [0.25, 0.3) is 22.5 Å². The first-order valence-corrected chi connectivity index (χ1v) is 13.7. The largest absolute Gasteiger partial charge is 0.317 e. The molecule has 200 valence electrons. The first-order chi connectivity index (χ1) is 19.5. The van der Waals surface area contributed by atoms with Crippen molar-refractivity contribution in [3.63, 3.8) is 0 Å². The minimum Gasteiger partial charge on any atom is -0.317 e. The highest BCUT2D eigenvalue weighted by atomic mass is 19.1. The Morgan fingerprint density at radius 3 is 2.65 bits per heavy atom. The molecule has 1 N–H and O–H groups in total. The second kappa shape index (κ2) is 9.65. The summed E-state index contributed by atoms with van der Waals surface area (Å²) in [5, 5.41) is 21.3. The number of fused-ring (bicyclic) bond motifs is 1. The number of nitriles is 1. The van der Waals surface area contributed by atoms with Crippen LogP contribution in [0.5, 0.6) is 0 Å². The van der Waals surface area contributed by atoms with Crippen LogP contribution in [-0.4, -0.2) is 32.2 Å². The lowest BCUT2D eigenvalue weighted by Crippen LogP contribution is -2.24. The SMILES string of the molecule is Cn1cnnc1-c1cc(C#N)ccc1-c1cc(C2CC2)nc(N2Cc3c(F)cc(CNCC4CC4)cc3C2=O)c1. The third-order valence-electron chi connectivity index (χ3n) is 8.02. The van der Waals surface area contributed by atoms with Gasteiger partial charge in [-0.1, -0.05) is 6.07 Å². The van der Waals surface area contributed by atoms with Crippen LogP contribution in [0.3, 0.4) is 0 Å². The molecule has 2 fully saturated rings. The van der Waals surface area contributed by atoms with Crippen LogP contribution in [0, 0.1) is 23.1 Å². The van der Waals surface area contributed by atoms with Gasteiger partial charge in [-0.05, 0) is 91.2 Å². The van der Waals surface area contributed by atoms with Gasteiger partial charge in [0.05, 0.1) is 18.2 Å². The van der Waals surface area contributed by atoms with Crippen molar-refractivity contribution in [3.8, 4) is 28.6 Å². The van der Waals surface area contributed by atoms with Crippen LogP contribution in [0.2, 0.25) is 0 Å². The molecule has 1 aliphatic heterocycles. The number of carbonyl (C=O) groups is 1. The Balaban J connectivity index is 1.27. The second-order valence-electron chi connectivity index (χ2n) is 11.1. The molecule has 0 bridgehead atoms. The zero-order valence-electron chi connectivity index (χ0n) is 22.2. The molecular formula is C31H28FN7O. The normalized spacial score (nSPS) is 16.3. The molecule has 8 nitrogen and oxygen atoms in total. The topological polar surface area (TPSA) is 99.7 Å². The summed E-state index contributed by atoms with van der Waals surface area (Å²) in [7, 11) is 1.86. The maximum absolute atomic E-state index is 15.2. The van der Waals surface area contributed by atoms with Crippen LogP contribution in [0.1, 0.15) is 64.3 Å². The van der Waals surface area contributed by atoms with E-state index >= 15 is 4.39 Å². The number of amides is 1. The maximum Gasteiger partial charge on any atom is 0.260 e. The molecule has 2 aliphatic carbocycles. The van der Waals surface area contributed by atoms with Crippen LogP contribution in [0.15, 0.2) is 48.8 Å². The number of benzene rings is 2. The van der Waals surface area contributed by atoms with Gasteiger partial charge in [-0.3, -0.25) is 9.69 Å². The van der Waals surface area contributed by atoms with Gasteiger partial charge in [-0.2, -0.15) is 5.26 Å². The highest BCUT2D eigenvalue weighted by Crippen LogP contribution is 2.43. The fourth-order valence-corrected chi connectivity index (χ4v) is 5.45. The zero-order chi connectivity index (χ0) is 27.4. The molecule has 0 radical (unpaired) electrons. The highest BCUT2D eigenvalue weighted by Gasteiger charge is 2.34. The standard InChI is InChI=1S/C31H28FN7O/c1-38-17-35-37-30(38)24-8-19(13-33)4-7-23(24)22-11-28(21-5-6-21)36-29(12-22)39-16-26-25(31(39)40)9-20(10-27(26)32)15-34-14-18-2-3-18/h4,7-12,17-18,21,34H,2-3,5-6,14-16H2,1H3. The van der Waals surface area contributed by atoms with E-state index in [-0.39, 0.29) is 18.3 Å². The Bertz CT molecular complexity index is 1700. The number of rotatable bonds is 8. The molecule has 3 heterocycles. The number of anilines is 1. The number of carbonyl (C=O) groups excluding carboxylic acids is 1. The van der Waals surface area contributed by atoms with Crippen LogP contribution >= 0.6 is 0 Å². The van der Waals surface area contributed by atoms with E-state index in [4.69, 9.17) is 4.98 Å². The van der Waals surface area contributed by atoms with Crippen molar-refractivity contribution in [2.24, 2.45) is 13.0 Å². The zero-order valence-corrected chi connectivity index (χ0v) is 22.2. The van der Waals surface area contributed by atoms with E-state index in [9.17, 15) is 10.1 Å². The summed E-state index contributed by atoms with van der Waals surface area (Å²) in [5.41, 5.74) is 5.51. The predicted molar refractivity (Wildman–Crippen MR) is 148 cm³/mol. The molecule has 1 amide bonds. The molecule has 2 aromatic heterocycles. The van der Waals surface area contributed by atoms with E-state index < -0.39 is 0 Å². The number of nitrogens with zero attached hydrogens (tertiary/aromatic N) is 6. The van der Waals surface area contributed by atoms with Gasteiger partial charge in [0.2, 0.25) is 0 Å². The second-order valence-corrected chi connectivity index (χ2v) is 11.1. The summed E-state index contributed by atoms with van der Waals surface area (Å²) >= 11 is 0. The van der Waals surface area contributed by atoms with E-state index in [0.29, 0.717) is 40.8 Å². The maximum atomic E-state index is 15.2. The first-order valence-electron chi connectivity index (χ1n) is 13.7. The Morgan fingerprint density at radius 1 is 1.07 bits per heavy atom. The smallest absolute Gasteiger partial charge is 0.260 e. The molecule has 40 heavy (non-hydrogen) atoms. The fourth-order valence-electron chi connectivity index (χ4n) is 5.45.